The van der Waals surface area contributed by atoms with E-state index >= 15 is 0 Å². The number of nitro groups is 2. The van der Waals surface area contributed by atoms with Gasteiger partial charge in [0, 0.05) is 12.1 Å². The van der Waals surface area contributed by atoms with Crippen LogP contribution in [-0.2, 0) is 4.79 Å². The highest BCUT2D eigenvalue weighted by atomic mass is 16.6. The first-order valence-corrected chi connectivity index (χ1v) is 5.40. The quantitative estimate of drug-likeness (QED) is 0.361. The van der Waals surface area contributed by atoms with E-state index in [2.05, 4.69) is 5.32 Å². The minimum absolute atomic E-state index is 0.239. The third kappa shape index (κ3) is 2.51. The van der Waals surface area contributed by atoms with Gasteiger partial charge in [0.25, 0.3) is 23.2 Å². The van der Waals surface area contributed by atoms with Crippen LogP contribution in [0.4, 0.5) is 16.2 Å². The second-order valence-corrected chi connectivity index (χ2v) is 3.95. The summed E-state index contributed by atoms with van der Waals surface area (Å²) in [7, 11) is 0. The molecule has 1 heterocycles. The molecular weight excluding hydrogens is 288 g/mol. The highest BCUT2D eigenvalue weighted by molar-refractivity contribution is 6.19. The van der Waals surface area contributed by atoms with Crippen LogP contribution in [0.1, 0.15) is 10.4 Å². The fourth-order valence-corrected chi connectivity index (χ4v) is 1.69. The van der Waals surface area contributed by atoms with Crippen molar-refractivity contribution in [3.05, 3.63) is 44.0 Å². The molecular formula is C10H6N4O7. The van der Waals surface area contributed by atoms with Crippen LogP contribution in [0.15, 0.2) is 18.2 Å². The van der Waals surface area contributed by atoms with Gasteiger partial charge in [-0.25, -0.2) is 4.79 Å². The number of carbonyl (C=O) groups is 3. The van der Waals surface area contributed by atoms with Crippen molar-refractivity contribution in [3.63, 3.8) is 0 Å². The molecule has 2 rings (SSSR count). The van der Waals surface area contributed by atoms with Crippen molar-refractivity contribution in [2.75, 3.05) is 6.54 Å². The lowest BCUT2D eigenvalue weighted by Gasteiger charge is -2.10. The first kappa shape index (κ1) is 14.0. The zero-order valence-electron chi connectivity index (χ0n) is 10.1. The lowest BCUT2D eigenvalue weighted by atomic mass is 10.1. The molecule has 1 saturated heterocycles. The lowest BCUT2D eigenvalue weighted by molar-refractivity contribution is -0.394. The van der Waals surface area contributed by atoms with Gasteiger partial charge in [-0.15, -0.1) is 0 Å². The molecule has 4 amide bonds. The third-order valence-corrected chi connectivity index (χ3v) is 2.62. The van der Waals surface area contributed by atoms with Gasteiger partial charge in [-0.05, 0) is 0 Å². The number of nitrogens with one attached hydrogen (secondary N) is 1. The van der Waals surface area contributed by atoms with Crippen molar-refractivity contribution in [2.45, 2.75) is 0 Å². The van der Waals surface area contributed by atoms with Crippen LogP contribution in [0.2, 0.25) is 0 Å². The number of benzene rings is 1. The molecule has 1 aromatic rings. The Morgan fingerprint density at radius 3 is 2.00 bits per heavy atom. The molecule has 0 bridgehead atoms. The Labute approximate surface area is 115 Å². The average Bonchev–Trinajstić information content (AvgIpc) is 2.76. The van der Waals surface area contributed by atoms with E-state index < -0.39 is 44.6 Å². The maximum Gasteiger partial charge on any atom is 0.331 e. The fourth-order valence-electron chi connectivity index (χ4n) is 1.69. The predicted octanol–water partition coefficient (Wildman–Crippen LogP) is 0.195. The third-order valence-electron chi connectivity index (χ3n) is 2.62. The summed E-state index contributed by atoms with van der Waals surface area (Å²) in [5, 5.41) is 23.5. The molecule has 0 aliphatic carbocycles. The number of hydrogen-bond acceptors (Lipinski definition) is 7. The van der Waals surface area contributed by atoms with Crippen molar-refractivity contribution < 1.29 is 24.2 Å². The molecule has 0 aromatic heterocycles. The van der Waals surface area contributed by atoms with Gasteiger partial charge in [0.2, 0.25) is 0 Å². The van der Waals surface area contributed by atoms with Crippen molar-refractivity contribution >= 4 is 29.2 Å². The molecule has 1 fully saturated rings. The molecule has 0 radical (unpaired) electrons. The molecule has 0 atom stereocenters. The van der Waals surface area contributed by atoms with E-state index in [1.54, 1.807) is 0 Å². The van der Waals surface area contributed by atoms with Gasteiger partial charge in [-0.2, -0.15) is 4.90 Å². The van der Waals surface area contributed by atoms with Crippen molar-refractivity contribution in [1.29, 1.82) is 0 Å². The Morgan fingerprint density at radius 2 is 1.62 bits per heavy atom. The van der Waals surface area contributed by atoms with Crippen LogP contribution in [0.3, 0.4) is 0 Å². The van der Waals surface area contributed by atoms with E-state index in [9.17, 15) is 34.6 Å². The summed E-state index contributed by atoms with van der Waals surface area (Å²) >= 11 is 0. The molecule has 11 heteroatoms. The largest absolute Gasteiger partial charge is 0.331 e. The molecule has 0 unspecified atom stereocenters. The second-order valence-electron chi connectivity index (χ2n) is 3.95. The van der Waals surface area contributed by atoms with Crippen molar-refractivity contribution in [2.24, 2.45) is 0 Å². The average molecular weight is 294 g/mol. The summed E-state index contributed by atoms with van der Waals surface area (Å²) in [6.07, 6.45) is 0. The standard InChI is InChI=1S/C10H6N4O7/c15-8-4-11-10(17)12(8)9(16)5-1-6(13(18)19)3-7(2-5)14(20)21/h1-3H,4H2,(H,11,17). The van der Waals surface area contributed by atoms with E-state index in [0.717, 1.165) is 12.1 Å². The Bertz CT molecular complexity index is 650. The van der Waals surface area contributed by atoms with Crippen LogP contribution in [0.25, 0.3) is 0 Å². The summed E-state index contributed by atoms with van der Waals surface area (Å²) in [4.78, 5) is 54.6. The zero-order chi connectivity index (χ0) is 15.7. The summed E-state index contributed by atoms with van der Waals surface area (Å²) in [5.74, 6) is -2.01. The van der Waals surface area contributed by atoms with Gasteiger partial charge < -0.3 is 5.32 Å². The Kier molecular flexibility index (Phi) is 3.32. The Hall–Kier alpha value is -3.37. The van der Waals surface area contributed by atoms with Crippen molar-refractivity contribution in [1.82, 2.24) is 10.2 Å². The Morgan fingerprint density at radius 1 is 1.10 bits per heavy atom. The minimum Gasteiger partial charge on any atom is -0.328 e. The van der Waals surface area contributed by atoms with Gasteiger partial charge in [0.15, 0.2) is 0 Å². The first-order valence-electron chi connectivity index (χ1n) is 5.40. The molecule has 108 valence electrons. The summed E-state index contributed by atoms with van der Waals surface area (Å²) in [6.45, 7) is -0.387. The SMILES string of the molecule is O=C1CNC(=O)N1C(=O)c1cc([N+](=O)[O-])cc([N+](=O)[O-])c1. The van der Waals surface area contributed by atoms with Gasteiger partial charge in [-0.1, -0.05) is 0 Å². The number of amides is 4. The van der Waals surface area contributed by atoms with E-state index in [-0.39, 0.29) is 11.4 Å². The van der Waals surface area contributed by atoms with Gasteiger partial charge >= 0.3 is 6.03 Å². The highest BCUT2D eigenvalue weighted by Gasteiger charge is 2.36. The smallest absolute Gasteiger partial charge is 0.328 e. The van der Waals surface area contributed by atoms with Crippen molar-refractivity contribution in [3.8, 4) is 0 Å². The summed E-state index contributed by atoms with van der Waals surface area (Å²) in [6, 6.07) is 1.20. The maximum atomic E-state index is 12.0. The normalized spacial score (nSPS) is 14.0. The van der Waals surface area contributed by atoms with Crippen LogP contribution in [0, 0.1) is 20.2 Å². The van der Waals surface area contributed by atoms with Crippen LogP contribution in [-0.4, -0.2) is 39.1 Å². The number of nitro benzene ring substituents is 2. The molecule has 1 aliphatic rings. The minimum atomic E-state index is -1.16. The maximum absolute atomic E-state index is 12.0. The first-order chi connectivity index (χ1) is 9.81. The monoisotopic (exact) mass is 294 g/mol. The van der Waals surface area contributed by atoms with Crippen LogP contribution >= 0.6 is 0 Å². The highest BCUT2D eigenvalue weighted by Crippen LogP contribution is 2.24. The molecule has 1 N–H and O–H groups in total. The molecule has 0 saturated carbocycles. The number of urea groups is 1. The lowest BCUT2D eigenvalue weighted by Crippen LogP contribution is -2.37. The topological polar surface area (TPSA) is 153 Å². The van der Waals surface area contributed by atoms with Gasteiger partial charge in [0.1, 0.15) is 0 Å². The number of rotatable bonds is 3. The van der Waals surface area contributed by atoms with E-state index in [1.165, 1.54) is 0 Å². The molecule has 1 aliphatic heterocycles. The molecule has 11 nitrogen and oxygen atoms in total. The number of hydrogen-bond donors (Lipinski definition) is 1. The predicted molar refractivity (Wildman–Crippen MR) is 64.3 cm³/mol. The van der Waals surface area contributed by atoms with Crippen LogP contribution in [0.5, 0.6) is 0 Å². The van der Waals surface area contributed by atoms with E-state index in [0.29, 0.717) is 6.07 Å². The van der Waals surface area contributed by atoms with Crippen LogP contribution < -0.4 is 5.32 Å². The molecule has 21 heavy (non-hydrogen) atoms. The molecule has 1 aromatic carbocycles. The van der Waals surface area contributed by atoms with E-state index in [4.69, 9.17) is 0 Å². The Balaban J connectivity index is 2.50. The number of nitrogens with zero attached hydrogens (tertiary/aromatic N) is 3. The fraction of sp³-hybridized carbons (Fsp3) is 0.100. The van der Waals surface area contributed by atoms with E-state index in [1.807, 2.05) is 0 Å². The number of non-ortho nitro benzene ring substituents is 2. The van der Waals surface area contributed by atoms with Gasteiger partial charge in [0.05, 0.1) is 28.0 Å². The van der Waals surface area contributed by atoms with Gasteiger partial charge in [-0.3, -0.25) is 29.8 Å². The molecule has 0 spiro atoms. The summed E-state index contributed by atoms with van der Waals surface area (Å²) in [5.41, 5.74) is -1.89. The second kappa shape index (κ2) is 4.96. The number of imide groups is 3. The summed E-state index contributed by atoms with van der Waals surface area (Å²) < 4.78 is 0. The zero-order valence-corrected chi connectivity index (χ0v) is 10.1. The number of carbonyl (C=O) groups excluding carboxylic acids is 3.